The van der Waals surface area contributed by atoms with Crippen molar-refractivity contribution in [1.29, 1.82) is 0 Å². The van der Waals surface area contributed by atoms with E-state index < -0.39 is 0 Å². The standard InChI is InChI=1S/C26H23N5/c1-2-4-25-23(3-1)22(11-12-28-25)24-17-29-31-18-20(7-10-26(24)31)19-5-8-21(9-6-19)30-15-13-27-14-16-30/h1-12,17-18,27H,13-16H2. The smallest absolute Gasteiger partial charge is 0.0740 e. The van der Waals surface area contributed by atoms with Crippen LogP contribution in [0.15, 0.2) is 85.3 Å². The summed E-state index contributed by atoms with van der Waals surface area (Å²) in [5.74, 6) is 0. The molecule has 0 atom stereocenters. The van der Waals surface area contributed by atoms with E-state index in [1.807, 2.05) is 29.0 Å². The fraction of sp³-hybridized carbons (Fsp3) is 0.154. The molecule has 1 fully saturated rings. The van der Waals surface area contributed by atoms with Gasteiger partial charge in [-0.2, -0.15) is 5.10 Å². The van der Waals surface area contributed by atoms with E-state index in [-0.39, 0.29) is 0 Å². The number of hydrogen-bond donors (Lipinski definition) is 1. The van der Waals surface area contributed by atoms with Crippen molar-refractivity contribution in [2.75, 3.05) is 31.1 Å². The zero-order valence-electron chi connectivity index (χ0n) is 17.2. The first kappa shape index (κ1) is 18.1. The van der Waals surface area contributed by atoms with Crippen LogP contribution in [-0.4, -0.2) is 40.8 Å². The lowest BCUT2D eigenvalue weighted by Crippen LogP contribution is -2.43. The van der Waals surface area contributed by atoms with Crippen LogP contribution in [-0.2, 0) is 0 Å². The Labute approximate surface area is 181 Å². The average molecular weight is 406 g/mol. The average Bonchev–Trinajstić information content (AvgIpc) is 3.27. The highest BCUT2D eigenvalue weighted by atomic mass is 15.2. The fourth-order valence-corrected chi connectivity index (χ4v) is 4.48. The second kappa shape index (κ2) is 7.52. The summed E-state index contributed by atoms with van der Waals surface area (Å²) in [6, 6.07) is 23.5. The van der Waals surface area contributed by atoms with E-state index in [1.165, 1.54) is 11.3 Å². The topological polar surface area (TPSA) is 45.5 Å². The Balaban J connectivity index is 1.36. The summed E-state index contributed by atoms with van der Waals surface area (Å²) in [6.07, 6.45) is 5.94. The summed E-state index contributed by atoms with van der Waals surface area (Å²) in [6.45, 7) is 4.22. The predicted molar refractivity (Wildman–Crippen MR) is 126 cm³/mol. The number of nitrogens with one attached hydrogen (secondary N) is 1. The number of pyridine rings is 2. The van der Waals surface area contributed by atoms with Crippen molar-refractivity contribution in [3.05, 3.63) is 85.3 Å². The largest absolute Gasteiger partial charge is 0.369 e. The fourth-order valence-electron chi connectivity index (χ4n) is 4.48. The second-order valence-electron chi connectivity index (χ2n) is 7.97. The minimum absolute atomic E-state index is 1.00. The number of nitrogens with zero attached hydrogens (tertiary/aromatic N) is 4. The summed E-state index contributed by atoms with van der Waals surface area (Å²) >= 11 is 0. The Bertz CT molecular complexity index is 1360. The van der Waals surface area contributed by atoms with Gasteiger partial charge in [-0.1, -0.05) is 36.4 Å². The van der Waals surface area contributed by atoms with Crippen molar-refractivity contribution >= 4 is 22.1 Å². The Morgan fingerprint density at radius 2 is 1.58 bits per heavy atom. The molecular formula is C26H23N5. The minimum Gasteiger partial charge on any atom is -0.369 e. The number of piperazine rings is 1. The number of fused-ring (bicyclic) bond motifs is 2. The lowest BCUT2D eigenvalue weighted by Gasteiger charge is -2.29. The third-order valence-electron chi connectivity index (χ3n) is 6.14. The summed E-state index contributed by atoms with van der Waals surface area (Å²) in [4.78, 5) is 6.93. The van der Waals surface area contributed by atoms with Gasteiger partial charge < -0.3 is 10.2 Å². The molecule has 5 nitrogen and oxygen atoms in total. The normalized spacial score (nSPS) is 14.4. The van der Waals surface area contributed by atoms with Gasteiger partial charge >= 0.3 is 0 Å². The Kier molecular flexibility index (Phi) is 4.39. The molecule has 1 saturated heterocycles. The molecule has 0 aliphatic carbocycles. The maximum atomic E-state index is 4.66. The van der Waals surface area contributed by atoms with Gasteiger partial charge in [-0.25, -0.2) is 4.52 Å². The van der Waals surface area contributed by atoms with Crippen molar-refractivity contribution in [3.63, 3.8) is 0 Å². The van der Waals surface area contributed by atoms with Crippen LogP contribution in [0.3, 0.4) is 0 Å². The first-order valence-electron chi connectivity index (χ1n) is 10.7. The van der Waals surface area contributed by atoms with Crippen molar-refractivity contribution in [3.8, 4) is 22.3 Å². The van der Waals surface area contributed by atoms with Gasteiger partial charge in [-0.15, -0.1) is 0 Å². The molecule has 2 aromatic carbocycles. The molecule has 0 saturated carbocycles. The van der Waals surface area contributed by atoms with Gasteiger partial charge in [0.2, 0.25) is 0 Å². The van der Waals surface area contributed by atoms with Gasteiger partial charge in [0.05, 0.1) is 17.2 Å². The highest BCUT2D eigenvalue weighted by molar-refractivity contribution is 5.98. The second-order valence-corrected chi connectivity index (χ2v) is 7.97. The Hall–Kier alpha value is -3.70. The van der Waals surface area contributed by atoms with Crippen molar-refractivity contribution in [1.82, 2.24) is 19.9 Å². The van der Waals surface area contributed by atoms with Crippen molar-refractivity contribution in [2.45, 2.75) is 0 Å². The van der Waals surface area contributed by atoms with E-state index in [1.54, 1.807) is 0 Å². The molecule has 5 heteroatoms. The minimum atomic E-state index is 1.00. The molecule has 0 radical (unpaired) electrons. The number of benzene rings is 2. The first-order valence-corrected chi connectivity index (χ1v) is 10.7. The molecule has 4 heterocycles. The molecule has 0 amide bonds. The van der Waals surface area contributed by atoms with Gasteiger partial charge in [-0.3, -0.25) is 4.98 Å². The molecule has 0 bridgehead atoms. The molecule has 6 rings (SSSR count). The lowest BCUT2D eigenvalue weighted by molar-refractivity contribution is 0.589. The van der Waals surface area contributed by atoms with Crippen LogP contribution in [0.5, 0.6) is 0 Å². The summed E-state index contributed by atoms with van der Waals surface area (Å²) in [5.41, 5.74) is 8.03. The molecule has 0 unspecified atom stereocenters. The highest BCUT2D eigenvalue weighted by Gasteiger charge is 2.12. The van der Waals surface area contributed by atoms with Crippen LogP contribution in [0.2, 0.25) is 0 Å². The van der Waals surface area contributed by atoms with Gasteiger partial charge in [-0.05, 0) is 41.5 Å². The maximum absolute atomic E-state index is 4.66. The van der Waals surface area contributed by atoms with E-state index in [9.17, 15) is 0 Å². The molecule has 0 spiro atoms. The van der Waals surface area contributed by atoms with Gasteiger partial charge in [0.25, 0.3) is 0 Å². The quantitative estimate of drug-likeness (QED) is 0.476. The van der Waals surface area contributed by atoms with Crippen LogP contribution < -0.4 is 10.2 Å². The van der Waals surface area contributed by atoms with E-state index in [0.29, 0.717) is 0 Å². The summed E-state index contributed by atoms with van der Waals surface area (Å²) < 4.78 is 1.98. The zero-order chi connectivity index (χ0) is 20.6. The Morgan fingerprint density at radius 1 is 0.774 bits per heavy atom. The van der Waals surface area contributed by atoms with Crippen molar-refractivity contribution < 1.29 is 0 Å². The maximum Gasteiger partial charge on any atom is 0.0740 e. The van der Waals surface area contributed by atoms with Gasteiger partial charge in [0, 0.05) is 60.8 Å². The number of hydrogen-bond acceptors (Lipinski definition) is 4. The van der Waals surface area contributed by atoms with Crippen LogP contribution in [0.4, 0.5) is 5.69 Å². The molecule has 31 heavy (non-hydrogen) atoms. The summed E-state index contributed by atoms with van der Waals surface area (Å²) in [5, 5.41) is 9.21. The number of para-hydroxylation sites is 1. The number of rotatable bonds is 3. The first-order chi connectivity index (χ1) is 15.4. The van der Waals surface area contributed by atoms with E-state index in [4.69, 9.17) is 0 Å². The third kappa shape index (κ3) is 3.23. The SMILES string of the molecule is c1ccc2c(-c3cnn4cc(-c5ccc(N6CCNCC6)cc5)ccc34)ccnc2c1. The molecule has 5 aromatic rings. The van der Waals surface area contributed by atoms with E-state index in [0.717, 1.165) is 59.3 Å². The van der Waals surface area contributed by atoms with Crippen LogP contribution in [0.25, 0.3) is 38.7 Å². The number of anilines is 1. The van der Waals surface area contributed by atoms with Crippen LogP contribution >= 0.6 is 0 Å². The Morgan fingerprint density at radius 3 is 2.45 bits per heavy atom. The van der Waals surface area contributed by atoms with Crippen molar-refractivity contribution in [2.24, 2.45) is 0 Å². The molecule has 1 aliphatic heterocycles. The van der Waals surface area contributed by atoms with Gasteiger partial charge in [0.1, 0.15) is 0 Å². The van der Waals surface area contributed by atoms with Crippen LogP contribution in [0.1, 0.15) is 0 Å². The molecule has 3 aromatic heterocycles. The van der Waals surface area contributed by atoms with E-state index >= 15 is 0 Å². The monoisotopic (exact) mass is 405 g/mol. The van der Waals surface area contributed by atoms with Gasteiger partial charge in [0.15, 0.2) is 0 Å². The highest BCUT2D eigenvalue weighted by Crippen LogP contribution is 2.32. The zero-order valence-corrected chi connectivity index (χ0v) is 17.2. The molecular weight excluding hydrogens is 382 g/mol. The van der Waals surface area contributed by atoms with Crippen LogP contribution in [0, 0.1) is 0 Å². The predicted octanol–water partition coefficient (Wildman–Crippen LogP) is 4.63. The lowest BCUT2D eigenvalue weighted by atomic mass is 10.0. The molecule has 1 N–H and O–H groups in total. The molecule has 1 aliphatic rings. The summed E-state index contributed by atoms with van der Waals surface area (Å²) in [7, 11) is 0. The third-order valence-corrected chi connectivity index (χ3v) is 6.14. The van der Waals surface area contributed by atoms with E-state index in [2.05, 4.69) is 81.1 Å². The number of aromatic nitrogens is 3. The molecule has 152 valence electrons.